The Bertz CT molecular complexity index is 869. The fraction of sp³-hybridized carbons (Fsp3) is 0. The number of aromatic nitrogens is 4. The fourth-order valence-corrected chi connectivity index (χ4v) is 2.07. The van der Waals surface area contributed by atoms with Crippen molar-refractivity contribution in [3.05, 3.63) is 33.2 Å². The number of rotatable bonds is 1. The minimum absolute atomic E-state index is 0.225. The van der Waals surface area contributed by atoms with Gasteiger partial charge in [0.05, 0.1) is 5.52 Å². The van der Waals surface area contributed by atoms with E-state index in [9.17, 15) is 9.59 Å². The number of hydrogen-bond acceptors (Lipinski definition) is 5. The van der Waals surface area contributed by atoms with Gasteiger partial charge in [-0.3, -0.25) is 0 Å². The van der Waals surface area contributed by atoms with Crippen LogP contribution in [0.25, 0.3) is 16.6 Å². The van der Waals surface area contributed by atoms with Crippen LogP contribution in [0.5, 0.6) is 6.01 Å². The van der Waals surface area contributed by atoms with Gasteiger partial charge in [-0.15, -0.1) is 5.10 Å². The van der Waals surface area contributed by atoms with Gasteiger partial charge in [0.2, 0.25) is 0 Å². The Morgan fingerprint density at radius 2 is 2.26 bits per heavy atom. The Balaban J connectivity index is 2.37. The van der Waals surface area contributed by atoms with Crippen molar-refractivity contribution in [3.8, 4) is 6.01 Å². The Labute approximate surface area is 112 Å². The third kappa shape index (κ3) is 1.93. The number of nitrogens with zero attached hydrogens (tertiary/aromatic N) is 3. The zero-order chi connectivity index (χ0) is 13.6. The molecule has 8 nitrogen and oxygen atoms in total. The fourth-order valence-electron chi connectivity index (χ4n) is 1.71. The topological polar surface area (TPSA) is 110 Å². The molecule has 19 heavy (non-hydrogen) atoms. The summed E-state index contributed by atoms with van der Waals surface area (Å²) in [6.07, 6.45) is -1.54. The predicted molar refractivity (Wildman–Crippen MR) is 67.5 cm³/mol. The zero-order valence-corrected chi connectivity index (χ0v) is 10.7. The molecule has 0 unspecified atom stereocenters. The number of fused-ring (bicyclic) bond motifs is 3. The maximum Gasteiger partial charge on any atom is 0.513 e. The molecule has 0 aliphatic rings. The first-order valence-corrected chi connectivity index (χ1v) is 5.83. The molecule has 2 aromatic heterocycles. The Hall–Kier alpha value is -2.42. The summed E-state index contributed by atoms with van der Waals surface area (Å²) in [5, 5.41) is 12.8. The number of halogens is 1. The number of benzene rings is 1. The van der Waals surface area contributed by atoms with Gasteiger partial charge in [-0.05, 0) is 18.2 Å². The molecule has 0 aliphatic carbocycles. The standard InChI is InChI=1S/C10H5BrN4O4/c11-4-1-2-5-6(3-4)12-9(16)15-7(5)13-8(14-15)19-10(17)18/h1-3H,(H,12,16)(H,17,18). The minimum atomic E-state index is -1.54. The normalized spacial score (nSPS) is 11.0. The zero-order valence-electron chi connectivity index (χ0n) is 9.12. The molecule has 0 aliphatic heterocycles. The molecule has 0 saturated heterocycles. The van der Waals surface area contributed by atoms with Gasteiger partial charge >= 0.3 is 17.9 Å². The lowest BCUT2D eigenvalue weighted by Gasteiger charge is -1.99. The SMILES string of the molecule is O=C(O)Oc1nc2c3ccc(Br)cc3[nH]c(=O)n2n1. The van der Waals surface area contributed by atoms with Crippen LogP contribution in [0.4, 0.5) is 4.79 Å². The summed E-state index contributed by atoms with van der Waals surface area (Å²) in [6, 6.07) is 4.81. The second-order valence-electron chi connectivity index (χ2n) is 3.62. The first kappa shape index (κ1) is 11.7. The van der Waals surface area contributed by atoms with Crippen LogP contribution in [0.3, 0.4) is 0 Å². The number of H-pyrrole nitrogens is 1. The molecule has 0 bridgehead atoms. The first-order valence-electron chi connectivity index (χ1n) is 5.04. The highest BCUT2D eigenvalue weighted by Gasteiger charge is 2.13. The lowest BCUT2D eigenvalue weighted by Crippen LogP contribution is -2.17. The number of hydrogen-bond donors (Lipinski definition) is 2. The molecule has 3 aromatic rings. The molecule has 0 saturated carbocycles. The maximum absolute atomic E-state index is 11.8. The second-order valence-corrected chi connectivity index (χ2v) is 4.53. The summed E-state index contributed by atoms with van der Waals surface area (Å²) in [7, 11) is 0. The summed E-state index contributed by atoms with van der Waals surface area (Å²) in [5.41, 5.74) is 0.247. The van der Waals surface area contributed by atoms with Gasteiger partial charge in [0.1, 0.15) is 0 Å². The van der Waals surface area contributed by atoms with E-state index in [4.69, 9.17) is 5.11 Å². The maximum atomic E-state index is 11.8. The minimum Gasteiger partial charge on any atom is -0.449 e. The van der Waals surface area contributed by atoms with Gasteiger partial charge in [-0.25, -0.2) is 9.59 Å². The molecule has 96 valence electrons. The van der Waals surface area contributed by atoms with E-state index in [0.717, 1.165) is 8.99 Å². The number of ether oxygens (including phenoxy) is 1. The van der Waals surface area contributed by atoms with E-state index in [0.29, 0.717) is 10.9 Å². The van der Waals surface area contributed by atoms with E-state index in [1.807, 2.05) is 0 Å². The summed E-state index contributed by atoms with van der Waals surface area (Å²) in [4.78, 5) is 28.7. The van der Waals surface area contributed by atoms with E-state index < -0.39 is 17.9 Å². The third-order valence-corrected chi connectivity index (χ3v) is 2.92. The van der Waals surface area contributed by atoms with Crippen LogP contribution >= 0.6 is 15.9 Å². The van der Waals surface area contributed by atoms with Crippen molar-refractivity contribution in [1.82, 2.24) is 19.6 Å². The smallest absolute Gasteiger partial charge is 0.449 e. The predicted octanol–water partition coefficient (Wildman–Crippen LogP) is 1.39. The number of carbonyl (C=O) groups is 1. The molecule has 0 spiro atoms. The van der Waals surface area contributed by atoms with E-state index >= 15 is 0 Å². The van der Waals surface area contributed by atoms with Crippen molar-refractivity contribution in [2.75, 3.05) is 0 Å². The van der Waals surface area contributed by atoms with E-state index in [2.05, 4.69) is 35.7 Å². The van der Waals surface area contributed by atoms with Gasteiger partial charge in [-0.2, -0.15) is 9.50 Å². The van der Waals surface area contributed by atoms with Crippen LogP contribution < -0.4 is 10.4 Å². The van der Waals surface area contributed by atoms with Gasteiger partial charge < -0.3 is 14.8 Å². The molecular formula is C10H5BrN4O4. The summed E-state index contributed by atoms with van der Waals surface area (Å²) >= 11 is 3.29. The highest BCUT2D eigenvalue weighted by molar-refractivity contribution is 9.10. The van der Waals surface area contributed by atoms with Gasteiger partial charge in [-0.1, -0.05) is 15.9 Å². The molecule has 0 amide bonds. The summed E-state index contributed by atoms with van der Waals surface area (Å²) < 4.78 is 6.08. The third-order valence-electron chi connectivity index (χ3n) is 2.42. The second kappa shape index (κ2) is 4.05. The molecule has 2 heterocycles. The monoisotopic (exact) mass is 324 g/mol. The Morgan fingerprint density at radius 1 is 1.47 bits per heavy atom. The average molecular weight is 325 g/mol. The van der Waals surface area contributed by atoms with E-state index in [1.54, 1.807) is 18.2 Å². The average Bonchev–Trinajstić information content (AvgIpc) is 2.72. The van der Waals surface area contributed by atoms with Gasteiger partial charge in [0.15, 0.2) is 5.65 Å². The van der Waals surface area contributed by atoms with Crippen molar-refractivity contribution in [3.63, 3.8) is 0 Å². The van der Waals surface area contributed by atoms with Crippen LogP contribution in [0.15, 0.2) is 27.5 Å². The van der Waals surface area contributed by atoms with Crippen LogP contribution in [0, 0.1) is 0 Å². The summed E-state index contributed by atoms with van der Waals surface area (Å²) in [6.45, 7) is 0. The number of carboxylic acid groups (broad SMARTS) is 1. The van der Waals surface area contributed by atoms with Gasteiger partial charge in [0.25, 0.3) is 0 Å². The molecule has 9 heteroatoms. The molecule has 0 atom stereocenters. The van der Waals surface area contributed by atoms with Crippen molar-refractivity contribution >= 4 is 38.6 Å². The number of aromatic amines is 1. The Kier molecular flexibility index (Phi) is 2.49. The lowest BCUT2D eigenvalue weighted by molar-refractivity contribution is 0.140. The lowest BCUT2D eigenvalue weighted by atomic mass is 10.2. The van der Waals surface area contributed by atoms with E-state index in [1.165, 1.54) is 0 Å². The van der Waals surface area contributed by atoms with Crippen molar-refractivity contribution < 1.29 is 14.6 Å². The largest absolute Gasteiger partial charge is 0.513 e. The first-order chi connectivity index (χ1) is 9.04. The molecule has 3 rings (SSSR count). The van der Waals surface area contributed by atoms with Crippen LogP contribution in [-0.4, -0.2) is 30.8 Å². The molecular weight excluding hydrogens is 320 g/mol. The van der Waals surface area contributed by atoms with Crippen molar-refractivity contribution in [2.24, 2.45) is 0 Å². The van der Waals surface area contributed by atoms with Crippen LogP contribution in [0.2, 0.25) is 0 Å². The highest BCUT2D eigenvalue weighted by atomic mass is 79.9. The van der Waals surface area contributed by atoms with Crippen molar-refractivity contribution in [1.29, 1.82) is 0 Å². The van der Waals surface area contributed by atoms with E-state index in [-0.39, 0.29) is 5.65 Å². The van der Waals surface area contributed by atoms with Crippen LogP contribution in [-0.2, 0) is 0 Å². The Morgan fingerprint density at radius 3 is 3.00 bits per heavy atom. The van der Waals surface area contributed by atoms with Gasteiger partial charge in [0, 0.05) is 9.86 Å². The highest BCUT2D eigenvalue weighted by Crippen LogP contribution is 2.20. The molecule has 0 fully saturated rings. The number of nitrogens with one attached hydrogen (secondary N) is 1. The van der Waals surface area contributed by atoms with Crippen LogP contribution in [0.1, 0.15) is 0 Å². The quantitative estimate of drug-likeness (QED) is 0.654. The van der Waals surface area contributed by atoms with Crippen molar-refractivity contribution in [2.45, 2.75) is 0 Å². The molecule has 0 radical (unpaired) electrons. The molecule has 2 N–H and O–H groups in total. The molecule has 1 aromatic carbocycles. The summed E-state index contributed by atoms with van der Waals surface area (Å²) in [5.74, 6) is 0.